The van der Waals surface area contributed by atoms with Crippen LogP contribution < -0.4 is 5.32 Å². The van der Waals surface area contributed by atoms with Gasteiger partial charge >= 0.3 is 0 Å². The Morgan fingerprint density at radius 1 is 1.17 bits per heavy atom. The summed E-state index contributed by atoms with van der Waals surface area (Å²) in [5.41, 5.74) is 1.27. The first-order chi connectivity index (χ1) is 11.7. The molecular weight excluding hydrogens is 320 g/mol. The van der Waals surface area contributed by atoms with Gasteiger partial charge < -0.3 is 10.2 Å². The highest BCUT2D eigenvalue weighted by Crippen LogP contribution is 2.22. The van der Waals surface area contributed by atoms with Crippen LogP contribution in [0.3, 0.4) is 0 Å². The van der Waals surface area contributed by atoms with E-state index in [4.69, 9.17) is 0 Å². The van der Waals surface area contributed by atoms with Crippen molar-refractivity contribution in [2.45, 2.75) is 31.7 Å². The van der Waals surface area contributed by atoms with Gasteiger partial charge in [0.1, 0.15) is 0 Å². The van der Waals surface area contributed by atoms with Gasteiger partial charge in [-0.2, -0.15) is 0 Å². The fourth-order valence-electron chi connectivity index (χ4n) is 3.18. The van der Waals surface area contributed by atoms with E-state index >= 15 is 0 Å². The van der Waals surface area contributed by atoms with Crippen LogP contribution in [0, 0.1) is 0 Å². The molecule has 1 aliphatic heterocycles. The number of likely N-dealkylation sites (tertiary alicyclic amines) is 1. The minimum atomic E-state index is -0.0972. The highest BCUT2D eigenvalue weighted by atomic mass is 32.1. The molecule has 0 bridgehead atoms. The van der Waals surface area contributed by atoms with E-state index in [2.05, 4.69) is 17.4 Å². The third kappa shape index (κ3) is 4.23. The van der Waals surface area contributed by atoms with E-state index in [-0.39, 0.29) is 17.9 Å². The lowest BCUT2D eigenvalue weighted by Gasteiger charge is -2.25. The largest absolute Gasteiger partial charge is 0.351 e. The Morgan fingerprint density at radius 2 is 2.00 bits per heavy atom. The van der Waals surface area contributed by atoms with Gasteiger partial charge in [-0.3, -0.25) is 9.59 Å². The Kier molecular flexibility index (Phi) is 5.64. The molecule has 0 spiro atoms. The Morgan fingerprint density at radius 3 is 2.75 bits per heavy atom. The fourth-order valence-corrected chi connectivity index (χ4v) is 3.82. The molecule has 126 valence electrons. The van der Waals surface area contributed by atoms with E-state index in [1.807, 2.05) is 34.5 Å². The van der Waals surface area contributed by atoms with Gasteiger partial charge in [0.2, 0.25) is 5.91 Å². The maximum absolute atomic E-state index is 12.5. The monoisotopic (exact) mass is 342 g/mol. The Balaban J connectivity index is 1.48. The zero-order chi connectivity index (χ0) is 16.8. The van der Waals surface area contributed by atoms with Crippen molar-refractivity contribution in [3.8, 4) is 0 Å². The normalized spacial score (nSPS) is 17.0. The summed E-state index contributed by atoms with van der Waals surface area (Å²) in [6.07, 6.45) is 3.39. The molecule has 1 unspecified atom stereocenters. The van der Waals surface area contributed by atoms with Crippen molar-refractivity contribution in [1.82, 2.24) is 10.2 Å². The van der Waals surface area contributed by atoms with Crippen LogP contribution in [0.15, 0.2) is 47.8 Å². The number of carbonyl (C=O) groups excluding carboxylic acids is 2. The van der Waals surface area contributed by atoms with Crippen LogP contribution in [0.25, 0.3) is 0 Å². The second kappa shape index (κ2) is 8.11. The average molecular weight is 342 g/mol. The minimum Gasteiger partial charge on any atom is -0.351 e. The van der Waals surface area contributed by atoms with Gasteiger partial charge in [-0.1, -0.05) is 36.4 Å². The van der Waals surface area contributed by atoms with E-state index in [9.17, 15) is 9.59 Å². The van der Waals surface area contributed by atoms with E-state index in [0.29, 0.717) is 17.8 Å². The van der Waals surface area contributed by atoms with Crippen LogP contribution in [-0.4, -0.2) is 35.8 Å². The molecule has 2 aromatic rings. The van der Waals surface area contributed by atoms with Gasteiger partial charge in [-0.25, -0.2) is 0 Å². The first kappa shape index (κ1) is 16.7. The molecule has 3 rings (SSSR count). The molecule has 2 amide bonds. The number of hydrogen-bond acceptors (Lipinski definition) is 3. The molecule has 1 N–H and O–H groups in total. The van der Waals surface area contributed by atoms with Crippen LogP contribution in [0.2, 0.25) is 0 Å². The van der Waals surface area contributed by atoms with Crippen LogP contribution in [0.5, 0.6) is 0 Å². The molecule has 0 radical (unpaired) electrons. The molecule has 0 aliphatic carbocycles. The molecule has 1 fully saturated rings. The number of nitrogens with one attached hydrogen (secondary N) is 1. The summed E-state index contributed by atoms with van der Waals surface area (Å²) in [5.74, 6) is 0.0416. The number of amides is 2. The molecule has 5 heteroatoms. The molecule has 1 atom stereocenters. The van der Waals surface area contributed by atoms with Gasteiger partial charge in [0.15, 0.2) is 0 Å². The minimum absolute atomic E-state index is 0.0972. The SMILES string of the molecule is O=C(NCCC(=O)N1CCCC1Cc1ccccc1)c1cccs1. The molecular formula is C19H22N2O2S. The molecule has 2 heterocycles. The zero-order valence-corrected chi connectivity index (χ0v) is 14.4. The molecule has 1 aliphatic rings. The lowest BCUT2D eigenvalue weighted by molar-refractivity contribution is -0.131. The molecule has 24 heavy (non-hydrogen) atoms. The van der Waals surface area contributed by atoms with Crippen molar-refractivity contribution in [3.63, 3.8) is 0 Å². The highest BCUT2D eigenvalue weighted by Gasteiger charge is 2.28. The molecule has 1 aromatic heterocycles. The Hall–Kier alpha value is -2.14. The lowest BCUT2D eigenvalue weighted by atomic mass is 10.0. The van der Waals surface area contributed by atoms with Crippen molar-refractivity contribution >= 4 is 23.2 Å². The van der Waals surface area contributed by atoms with Crippen molar-refractivity contribution in [1.29, 1.82) is 0 Å². The maximum atomic E-state index is 12.5. The van der Waals surface area contributed by atoms with Gasteiger partial charge in [0.25, 0.3) is 5.91 Å². The predicted octanol–water partition coefficient (Wildman–Crippen LogP) is 3.10. The molecule has 0 saturated carbocycles. The van der Waals surface area contributed by atoms with Crippen molar-refractivity contribution in [3.05, 3.63) is 58.3 Å². The van der Waals surface area contributed by atoms with Crippen LogP contribution in [0.1, 0.15) is 34.5 Å². The summed E-state index contributed by atoms with van der Waals surface area (Å²) in [6.45, 7) is 1.22. The number of benzene rings is 1. The third-order valence-electron chi connectivity index (χ3n) is 4.38. The topological polar surface area (TPSA) is 49.4 Å². The Labute approximate surface area is 146 Å². The third-order valence-corrected chi connectivity index (χ3v) is 5.25. The summed E-state index contributed by atoms with van der Waals surface area (Å²) in [6, 6.07) is 14.2. The van der Waals surface area contributed by atoms with Crippen LogP contribution >= 0.6 is 11.3 Å². The number of thiophene rings is 1. The molecule has 1 aromatic carbocycles. The molecule has 4 nitrogen and oxygen atoms in total. The molecule has 1 saturated heterocycles. The van der Waals surface area contributed by atoms with E-state index in [0.717, 1.165) is 25.8 Å². The number of hydrogen-bond donors (Lipinski definition) is 1. The van der Waals surface area contributed by atoms with E-state index in [1.165, 1.54) is 16.9 Å². The maximum Gasteiger partial charge on any atom is 0.261 e. The van der Waals surface area contributed by atoms with Gasteiger partial charge in [-0.05, 0) is 36.3 Å². The summed E-state index contributed by atoms with van der Waals surface area (Å²) >= 11 is 1.41. The van der Waals surface area contributed by atoms with Gasteiger partial charge in [0, 0.05) is 25.6 Å². The van der Waals surface area contributed by atoms with E-state index in [1.54, 1.807) is 6.07 Å². The summed E-state index contributed by atoms with van der Waals surface area (Å²) in [5, 5.41) is 4.70. The van der Waals surface area contributed by atoms with Crippen LogP contribution in [-0.2, 0) is 11.2 Å². The highest BCUT2D eigenvalue weighted by molar-refractivity contribution is 7.12. The summed E-state index contributed by atoms with van der Waals surface area (Å²) in [4.78, 5) is 27.1. The first-order valence-corrected chi connectivity index (χ1v) is 9.27. The van der Waals surface area contributed by atoms with Crippen LogP contribution in [0.4, 0.5) is 0 Å². The standard InChI is InChI=1S/C19H22N2O2S/c22-18(10-11-20-19(23)17-9-5-13-24-17)21-12-4-8-16(21)14-15-6-2-1-3-7-15/h1-3,5-7,9,13,16H,4,8,10-12,14H2,(H,20,23). The average Bonchev–Trinajstić information content (AvgIpc) is 3.27. The number of carbonyl (C=O) groups is 2. The lowest BCUT2D eigenvalue weighted by Crippen LogP contribution is -2.38. The summed E-state index contributed by atoms with van der Waals surface area (Å²) < 4.78 is 0. The predicted molar refractivity (Wildman–Crippen MR) is 96.2 cm³/mol. The second-order valence-electron chi connectivity index (χ2n) is 6.06. The first-order valence-electron chi connectivity index (χ1n) is 8.39. The Bertz CT molecular complexity index is 670. The number of nitrogens with zero attached hydrogens (tertiary/aromatic N) is 1. The second-order valence-corrected chi connectivity index (χ2v) is 7.00. The van der Waals surface area contributed by atoms with Crippen molar-refractivity contribution in [2.24, 2.45) is 0 Å². The quantitative estimate of drug-likeness (QED) is 0.877. The van der Waals surface area contributed by atoms with Crippen molar-refractivity contribution < 1.29 is 9.59 Å². The smallest absolute Gasteiger partial charge is 0.261 e. The number of rotatable bonds is 6. The zero-order valence-electron chi connectivity index (χ0n) is 13.6. The fraction of sp³-hybridized carbons (Fsp3) is 0.368. The van der Waals surface area contributed by atoms with Gasteiger partial charge in [0.05, 0.1) is 4.88 Å². The van der Waals surface area contributed by atoms with E-state index < -0.39 is 0 Å². The summed E-state index contributed by atoms with van der Waals surface area (Å²) in [7, 11) is 0. The van der Waals surface area contributed by atoms with Crippen molar-refractivity contribution in [2.75, 3.05) is 13.1 Å². The van der Waals surface area contributed by atoms with Gasteiger partial charge in [-0.15, -0.1) is 11.3 Å².